The normalized spacial score (nSPS) is 11.2. The quantitative estimate of drug-likeness (QED) is 0.661. The number of hydrogen-bond acceptors (Lipinski definition) is 2. The van der Waals surface area contributed by atoms with Gasteiger partial charge in [0.15, 0.2) is 0 Å². The van der Waals surface area contributed by atoms with E-state index < -0.39 is 11.1 Å². The van der Waals surface area contributed by atoms with Gasteiger partial charge in [0.1, 0.15) is 0 Å². The Labute approximate surface area is 105 Å². The zero-order valence-corrected chi connectivity index (χ0v) is 11.7. The maximum atomic E-state index is 11.9. The van der Waals surface area contributed by atoms with Crippen molar-refractivity contribution in [2.75, 3.05) is 0 Å². The summed E-state index contributed by atoms with van der Waals surface area (Å²) in [5.41, 5.74) is 5.21. The van der Waals surface area contributed by atoms with Gasteiger partial charge in [-0.3, -0.25) is 9.59 Å². The average Bonchev–Trinajstić information content (AvgIpc) is 2.35. The fourth-order valence-electron chi connectivity index (χ4n) is 2.58. The second-order valence-corrected chi connectivity index (χ2v) is 4.93. The molecule has 0 saturated heterocycles. The van der Waals surface area contributed by atoms with E-state index in [2.05, 4.69) is 0 Å². The Morgan fingerprint density at radius 3 is 1.17 bits per heavy atom. The van der Waals surface area contributed by atoms with Gasteiger partial charge in [-0.25, -0.2) is 0 Å². The SMILES string of the molecule is Cc1c(C)c(C)c2c(c1C)n(C)c(=O)c(=O)n2C. The monoisotopic (exact) mass is 246 g/mol. The molecule has 0 amide bonds. The van der Waals surface area contributed by atoms with Crippen LogP contribution in [0.3, 0.4) is 0 Å². The standard InChI is InChI=1S/C14H18N2O2/c1-7-8(2)10(4)12-11(9(7)3)15(5)13(17)14(18)16(12)6/h1-6H3. The molecular formula is C14H18N2O2. The van der Waals surface area contributed by atoms with Crippen LogP contribution >= 0.6 is 0 Å². The van der Waals surface area contributed by atoms with Crippen LogP contribution in [0.15, 0.2) is 9.59 Å². The van der Waals surface area contributed by atoms with E-state index in [4.69, 9.17) is 0 Å². The minimum atomic E-state index is -0.476. The summed E-state index contributed by atoms with van der Waals surface area (Å²) in [6.07, 6.45) is 0. The molecule has 1 aromatic heterocycles. The van der Waals surface area contributed by atoms with E-state index in [1.54, 1.807) is 14.1 Å². The van der Waals surface area contributed by atoms with Gasteiger partial charge in [0, 0.05) is 14.1 Å². The lowest BCUT2D eigenvalue weighted by Crippen LogP contribution is -2.40. The summed E-state index contributed by atoms with van der Waals surface area (Å²) in [6.45, 7) is 8.08. The Balaban J connectivity index is 3.33. The van der Waals surface area contributed by atoms with Gasteiger partial charge in [-0.15, -0.1) is 0 Å². The molecular weight excluding hydrogens is 228 g/mol. The molecule has 18 heavy (non-hydrogen) atoms. The minimum absolute atomic E-state index is 0.476. The van der Waals surface area contributed by atoms with Gasteiger partial charge in [0.05, 0.1) is 11.0 Å². The Morgan fingerprint density at radius 2 is 0.889 bits per heavy atom. The molecule has 0 aliphatic rings. The highest BCUT2D eigenvalue weighted by molar-refractivity contribution is 5.84. The van der Waals surface area contributed by atoms with Crippen LogP contribution in [0.2, 0.25) is 0 Å². The largest absolute Gasteiger partial charge is 0.316 e. The predicted octanol–water partition coefficient (Wildman–Crippen LogP) is 1.47. The van der Waals surface area contributed by atoms with Crippen molar-refractivity contribution in [2.24, 2.45) is 14.1 Å². The molecule has 1 aromatic carbocycles. The molecule has 0 bridgehead atoms. The number of aromatic nitrogens is 2. The molecule has 2 rings (SSSR count). The Bertz CT molecular complexity index is 713. The van der Waals surface area contributed by atoms with Crippen molar-refractivity contribution in [1.29, 1.82) is 0 Å². The van der Waals surface area contributed by atoms with Gasteiger partial charge in [-0.05, 0) is 49.9 Å². The van der Waals surface area contributed by atoms with E-state index in [0.717, 1.165) is 22.2 Å². The molecule has 0 radical (unpaired) electrons. The lowest BCUT2D eigenvalue weighted by Gasteiger charge is -2.18. The maximum Gasteiger partial charge on any atom is 0.316 e. The molecule has 0 saturated carbocycles. The average molecular weight is 246 g/mol. The van der Waals surface area contributed by atoms with E-state index in [0.29, 0.717) is 0 Å². The van der Waals surface area contributed by atoms with Crippen molar-refractivity contribution in [3.05, 3.63) is 43.0 Å². The molecule has 0 unspecified atom stereocenters. The topological polar surface area (TPSA) is 44.0 Å². The number of benzene rings is 1. The summed E-state index contributed by atoms with van der Waals surface area (Å²) < 4.78 is 2.93. The van der Waals surface area contributed by atoms with E-state index in [1.807, 2.05) is 27.7 Å². The van der Waals surface area contributed by atoms with E-state index >= 15 is 0 Å². The van der Waals surface area contributed by atoms with Gasteiger partial charge in [0.2, 0.25) is 0 Å². The van der Waals surface area contributed by atoms with Gasteiger partial charge in [0.25, 0.3) is 0 Å². The number of hydrogen-bond donors (Lipinski definition) is 0. The smallest absolute Gasteiger partial charge is 0.305 e. The number of nitrogens with zero attached hydrogens (tertiary/aromatic N) is 2. The highest BCUT2D eigenvalue weighted by Crippen LogP contribution is 2.26. The van der Waals surface area contributed by atoms with Crippen LogP contribution in [0.25, 0.3) is 11.0 Å². The van der Waals surface area contributed by atoms with E-state index in [9.17, 15) is 9.59 Å². The molecule has 96 valence electrons. The van der Waals surface area contributed by atoms with E-state index in [-0.39, 0.29) is 0 Å². The van der Waals surface area contributed by atoms with Gasteiger partial charge in [-0.1, -0.05) is 0 Å². The summed E-state index contributed by atoms with van der Waals surface area (Å²) in [4.78, 5) is 23.8. The highest BCUT2D eigenvalue weighted by Gasteiger charge is 2.16. The maximum absolute atomic E-state index is 11.9. The summed E-state index contributed by atoms with van der Waals surface area (Å²) in [6, 6.07) is 0. The fraction of sp³-hybridized carbons (Fsp3) is 0.429. The number of fused-ring (bicyclic) bond motifs is 1. The molecule has 2 aromatic rings. The van der Waals surface area contributed by atoms with Crippen LogP contribution < -0.4 is 11.1 Å². The second kappa shape index (κ2) is 3.83. The highest BCUT2D eigenvalue weighted by atomic mass is 16.2. The molecule has 0 aliphatic heterocycles. The Kier molecular flexibility index (Phi) is 2.69. The lowest BCUT2D eigenvalue weighted by molar-refractivity contribution is 0.792. The third-order valence-corrected chi connectivity index (χ3v) is 4.09. The minimum Gasteiger partial charge on any atom is -0.305 e. The fourth-order valence-corrected chi connectivity index (χ4v) is 2.58. The van der Waals surface area contributed by atoms with Crippen LogP contribution in [0.1, 0.15) is 22.3 Å². The van der Waals surface area contributed by atoms with Crippen molar-refractivity contribution in [3.8, 4) is 0 Å². The summed E-state index contributed by atoms with van der Waals surface area (Å²) in [7, 11) is 3.32. The lowest BCUT2D eigenvalue weighted by atomic mass is 9.96. The Morgan fingerprint density at radius 1 is 0.611 bits per heavy atom. The predicted molar refractivity (Wildman–Crippen MR) is 73.4 cm³/mol. The number of aryl methyl sites for hydroxylation is 4. The van der Waals surface area contributed by atoms with E-state index in [1.165, 1.54) is 20.3 Å². The molecule has 0 N–H and O–H groups in total. The van der Waals surface area contributed by atoms with Crippen molar-refractivity contribution in [3.63, 3.8) is 0 Å². The van der Waals surface area contributed by atoms with Crippen molar-refractivity contribution >= 4 is 11.0 Å². The molecule has 0 aliphatic carbocycles. The number of rotatable bonds is 0. The third-order valence-electron chi connectivity index (χ3n) is 4.09. The first-order chi connectivity index (χ1) is 8.29. The summed E-state index contributed by atoms with van der Waals surface area (Å²) in [5, 5.41) is 0. The van der Waals surface area contributed by atoms with Gasteiger partial charge < -0.3 is 9.13 Å². The van der Waals surface area contributed by atoms with Crippen molar-refractivity contribution in [1.82, 2.24) is 9.13 Å². The molecule has 0 spiro atoms. The van der Waals surface area contributed by atoms with Crippen molar-refractivity contribution in [2.45, 2.75) is 27.7 Å². The Hall–Kier alpha value is -1.84. The van der Waals surface area contributed by atoms with Crippen LogP contribution in [0.5, 0.6) is 0 Å². The van der Waals surface area contributed by atoms with Crippen LogP contribution in [0, 0.1) is 27.7 Å². The molecule has 4 nitrogen and oxygen atoms in total. The molecule has 4 heteroatoms. The first kappa shape index (κ1) is 12.6. The molecule has 0 fully saturated rings. The second-order valence-electron chi connectivity index (χ2n) is 4.93. The van der Waals surface area contributed by atoms with Crippen molar-refractivity contribution < 1.29 is 0 Å². The van der Waals surface area contributed by atoms with Crippen LogP contribution in [-0.2, 0) is 14.1 Å². The first-order valence-electron chi connectivity index (χ1n) is 5.95. The van der Waals surface area contributed by atoms with Crippen LogP contribution in [-0.4, -0.2) is 9.13 Å². The summed E-state index contributed by atoms with van der Waals surface area (Å²) >= 11 is 0. The molecule has 1 heterocycles. The zero-order valence-electron chi connectivity index (χ0n) is 11.7. The molecule has 0 atom stereocenters. The zero-order chi connectivity index (χ0) is 13.8. The summed E-state index contributed by atoms with van der Waals surface area (Å²) in [5.74, 6) is 0. The van der Waals surface area contributed by atoms with Gasteiger partial charge in [-0.2, -0.15) is 0 Å². The van der Waals surface area contributed by atoms with Gasteiger partial charge >= 0.3 is 11.1 Å². The third kappa shape index (κ3) is 1.38. The van der Waals surface area contributed by atoms with Crippen LogP contribution in [0.4, 0.5) is 0 Å². The first-order valence-corrected chi connectivity index (χ1v) is 5.95.